The highest BCUT2D eigenvalue weighted by Crippen LogP contribution is 2.40. The van der Waals surface area contributed by atoms with Crippen molar-refractivity contribution in [2.45, 2.75) is 70.6 Å². The largest absolute Gasteiger partial charge is 0.265 e. The number of hydrogen-bond acceptors (Lipinski definition) is 2. The molecule has 0 bridgehead atoms. The Labute approximate surface area is 186 Å². The van der Waals surface area contributed by atoms with Crippen LogP contribution in [0.15, 0.2) is 83.1 Å². The highest BCUT2D eigenvalue weighted by atomic mass is 32.1. The van der Waals surface area contributed by atoms with E-state index >= 15 is 0 Å². The van der Waals surface area contributed by atoms with E-state index in [9.17, 15) is 0 Å². The maximum atomic E-state index is 4.43. The molecule has 30 heavy (non-hydrogen) atoms. The summed E-state index contributed by atoms with van der Waals surface area (Å²) in [5, 5.41) is 2.16. The minimum atomic E-state index is 0.682. The molecule has 156 valence electrons. The third-order valence-corrected chi connectivity index (χ3v) is 7.56. The van der Waals surface area contributed by atoms with Crippen molar-refractivity contribution in [2.24, 2.45) is 0 Å². The predicted molar refractivity (Wildman–Crippen MR) is 131 cm³/mol. The van der Waals surface area contributed by atoms with Crippen LogP contribution in [0.3, 0.4) is 0 Å². The van der Waals surface area contributed by atoms with Gasteiger partial charge in [0.1, 0.15) is 0 Å². The molecule has 0 saturated carbocycles. The van der Waals surface area contributed by atoms with Crippen molar-refractivity contribution < 1.29 is 0 Å². The molecule has 0 spiro atoms. The SMILES string of the molecule is C=C(CC1=C(CCC[C@H](CCC)c2ccncc2)CC1)C1=CCC(c2cccs2)=C1. The molecule has 0 aliphatic heterocycles. The van der Waals surface area contributed by atoms with Crippen LogP contribution in [0.5, 0.6) is 0 Å². The van der Waals surface area contributed by atoms with Crippen molar-refractivity contribution in [1.82, 2.24) is 4.98 Å². The smallest absolute Gasteiger partial charge is 0.0305 e. The molecule has 0 amide bonds. The predicted octanol–water partition coefficient (Wildman–Crippen LogP) is 8.65. The van der Waals surface area contributed by atoms with Gasteiger partial charge in [0.05, 0.1) is 0 Å². The molecule has 0 saturated heterocycles. The number of pyridine rings is 1. The first-order valence-electron chi connectivity index (χ1n) is 11.5. The van der Waals surface area contributed by atoms with E-state index in [4.69, 9.17) is 0 Å². The highest BCUT2D eigenvalue weighted by Gasteiger charge is 2.20. The summed E-state index contributed by atoms with van der Waals surface area (Å²) in [6.07, 6.45) is 19.6. The molecule has 0 aromatic carbocycles. The van der Waals surface area contributed by atoms with Gasteiger partial charge in [-0.2, -0.15) is 0 Å². The first-order chi connectivity index (χ1) is 14.7. The molecule has 4 rings (SSSR count). The lowest BCUT2D eigenvalue weighted by Crippen LogP contribution is -2.07. The lowest BCUT2D eigenvalue weighted by molar-refractivity contribution is 0.534. The molecule has 1 nitrogen and oxygen atoms in total. The van der Waals surface area contributed by atoms with Crippen LogP contribution in [0, 0.1) is 0 Å². The maximum absolute atomic E-state index is 4.43. The average Bonchev–Trinajstić information content (AvgIpc) is 3.45. The fourth-order valence-electron chi connectivity index (χ4n) is 4.78. The van der Waals surface area contributed by atoms with Crippen LogP contribution in [0.1, 0.15) is 81.1 Å². The summed E-state index contributed by atoms with van der Waals surface area (Å²) >= 11 is 1.83. The van der Waals surface area contributed by atoms with Gasteiger partial charge < -0.3 is 0 Å². The molecular formula is C28H33NS. The third-order valence-electron chi connectivity index (χ3n) is 6.62. The van der Waals surface area contributed by atoms with Crippen molar-refractivity contribution in [2.75, 3.05) is 0 Å². The molecule has 2 aliphatic rings. The average molecular weight is 416 g/mol. The van der Waals surface area contributed by atoms with Gasteiger partial charge in [-0.3, -0.25) is 4.98 Å². The van der Waals surface area contributed by atoms with Gasteiger partial charge in [0.2, 0.25) is 0 Å². The van der Waals surface area contributed by atoms with E-state index in [-0.39, 0.29) is 0 Å². The number of thiophene rings is 1. The Morgan fingerprint density at radius 2 is 1.97 bits per heavy atom. The lowest BCUT2D eigenvalue weighted by Gasteiger charge is -2.26. The summed E-state index contributed by atoms with van der Waals surface area (Å²) in [5.41, 5.74) is 8.94. The van der Waals surface area contributed by atoms with Gasteiger partial charge in [-0.05, 0) is 103 Å². The van der Waals surface area contributed by atoms with Gasteiger partial charge in [-0.15, -0.1) is 11.3 Å². The molecule has 2 aliphatic carbocycles. The zero-order valence-corrected chi connectivity index (χ0v) is 19.0. The van der Waals surface area contributed by atoms with E-state index in [1.165, 1.54) is 72.1 Å². The Hall–Kier alpha value is -2.19. The second-order valence-corrected chi connectivity index (χ2v) is 9.60. The Kier molecular flexibility index (Phi) is 7.17. The van der Waals surface area contributed by atoms with Crippen molar-refractivity contribution in [1.29, 1.82) is 0 Å². The minimum Gasteiger partial charge on any atom is -0.265 e. The molecule has 2 heterocycles. The summed E-state index contributed by atoms with van der Waals surface area (Å²) in [5.74, 6) is 0.682. The van der Waals surface area contributed by atoms with E-state index in [2.05, 4.69) is 60.3 Å². The first-order valence-corrected chi connectivity index (χ1v) is 12.3. The van der Waals surface area contributed by atoms with Crippen molar-refractivity contribution in [3.05, 3.63) is 93.5 Å². The molecule has 2 aromatic rings. The van der Waals surface area contributed by atoms with E-state index in [0.717, 1.165) is 12.8 Å². The zero-order chi connectivity index (χ0) is 20.8. The van der Waals surface area contributed by atoms with Crippen LogP contribution in [-0.4, -0.2) is 4.98 Å². The standard InChI is InChI=1S/C28H33NS/c1-3-6-22(24-14-16-29-17-15-24)7-4-8-23-10-12-26(23)19-21(2)25-11-13-27(20-25)28-9-5-18-30-28/h5,9,11,14-18,20,22H,2-4,6-8,10,12-13,19H2,1H3/t22-/m0/s1. The Balaban J connectivity index is 1.29. The molecule has 0 N–H and O–H groups in total. The van der Waals surface area contributed by atoms with Gasteiger partial charge in [-0.1, -0.05) is 49.3 Å². The second-order valence-electron chi connectivity index (χ2n) is 8.66. The molecule has 0 radical (unpaired) electrons. The van der Waals surface area contributed by atoms with Crippen LogP contribution in [0.4, 0.5) is 0 Å². The van der Waals surface area contributed by atoms with Crippen LogP contribution in [0.2, 0.25) is 0 Å². The van der Waals surface area contributed by atoms with Gasteiger partial charge in [0, 0.05) is 17.3 Å². The second kappa shape index (κ2) is 10.2. The number of allylic oxidation sites excluding steroid dienone is 7. The van der Waals surface area contributed by atoms with Crippen LogP contribution in [0.25, 0.3) is 5.57 Å². The van der Waals surface area contributed by atoms with E-state index in [0.29, 0.717) is 5.92 Å². The number of nitrogens with zero attached hydrogens (tertiary/aromatic N) is 1. The normalized spacial score (nSPS) is 16.8. The number of aromatic nitrogens is 1. The third kappa shape index (κ3) is 5.10. The Morgan fingerprint density at radius 1 is 1.13 bits per heavy atom. The minimum absolute atomic E-state index is 0.682. The van der Waals surface area contributed by atoms with Crippen molar-refractivity contribution in [3.63, 3.8) is 0 Å². The molecular weight excluding hydrogens is 382 g/mol. The summed E-state index contributed by atoms with van der Waals surface area (Å²) in [6.45, 7) is 6.73. The lowest BCUT2D eigenvalue weighted by atomic mass is 9.80. The van der Waals surface area contributed by atoms with Crippen LogP contribution in [-0.2, 0) is 0 Å². The topological polar surface area (TPSA) is 12.9 Å². The maximum Gasteiger partial charge on any atom is 0.0305 e. The molecule has 2 heteroatoms. The van der Waals surface area contributed by atoms with Gasteiger partial charge in [0.25, 0.3) is 0 Å². The fraction of sp³-hybridized carbons (Fsp3) is 0.393. The quantitative estimate of drug-likeness (QED) is 0.335. The molecule has 1 atom stereocenters. The Bertz CT molecular complexity index is 944. The summed E-state index contributed by atoms with van der Waals surface area (Å²) in [7, 11) is 0. The van der Waals surface area contributed by atoms with Crippen molar-refractivity contribution >= 4 is 16.9 Å². The van der Waals surface area contributed by atoms with Crippen LogP contribution >= 0.6 is 11.3 Å². The van der Waals surface area contributed by atoms with E-state index in [1.807, 2.05) is 23.7 Å². The highest BCUT2D eigenvalue weighted by molar-refractivity contribution is 7.11. The number of rotatable bonds is 11. The summed E-state index contributed by atoms with van der Waals surface area (Å²) < 4.78 is 0. The van der Waals surface area contributed by atoms with Crippen LogP contribution < -0.4 is 0 Å². The van der Waals surface area contributed by atoms with Gasteiger partial charge in [-0.25, -0.2) is 0 Å². The molecule has 0 fully saturated rings. The molecule has 2 aromatic heterocycles. The first kappa shape index (κ1) is 21.1. The van der Waals surface area contributed by atoms with Gasteiger partial charge >= 0.3 is 0 Å². The van der Waals surface area contributed by atoms with Gasteiger partial charge in [0.15, 0.2) is 0 Å². The fourth-order valence-corrected chi connectivity index (χ4v) is 5.54. The Morgan fingerprint density at radius 3 is 2.67 bits per heavy atom. The zero-order valence-electron chi connectivity index (χ0n) is 18.2. The molecule has 0 unspecified atom stereocenters. The monoisotopic (exact) mass is 415 g/mol. The van der Waals surface area contributed by atoms with Crippen molar-refractivity contribution in [3.8, 4) is 0 Å². The summed E-state index contributed by atoms with van der Waals surface area (Å²) in [4.78, 5) is 5.58. The van der Waals surface area contributed by atoms with E-state index < -0.39 is 0 Å². The summed E-state index contributed by atoms with van der Waals surface area (Å²) in [6, 6.07) is 8.76. The van der Waals surface area contributed by atoms with E-state index in [1.54, 1.807) is 11.1 Å². The number of hydrogen-bond donors (Lipinski definition) is 0.